The summed E-state index contributed by atoms with van der Waals surface area (Å²) in [5.74, 6) is -0.356. The number of benzene rings is 1. The molecule has 1 heterocycles. The van der Waals surface area contributed by atoms with Gasteiger partial charge in [0.05, 0.1) is 19.3 Å². The molecule has 0 bridgehead atoms. The van der Waals surface area contributed by atoms with Crippen LogP contribution in [0.15, 0.2) is 42.6 Å². The van der Waals surface area contributed by atoms with E-state index in [0.717, 1.165) is 17.7 Å². The quantitative estimate of drug-likeness (QED) is 0.834. The Kier molecular flexibility index (Phi) is 4.36. The number of aromatic nitrogens is 1. The molecule has 0 atom stereocenters. The Morgan fingerprint density at radius 1 is 1.32 bits per heavy atom. The zero-order valence-electron chi connectivity index (χ0n) is 10.9. The molecule has 2 aromatic rings. The fourth-order valence-corrected chi connectivity index (χ4v) is 2.05. The molecule has 0 unspecified atom stereocenters. The van der Waals surface area contributed by atoms with Gasteiger partial charge in [0.25, 0.3) is 0 Å². The minimum absolute atomic E-state index is 0.0388. The van der Waals surface area contributed by atoms with Crippen molar-refractivity contribution in [1.82, 2.24) is 4.57 Å². The molecule has 0 amide bonds. The van der Waals surface area contributed by atoms with Gasteiger partial charge in [0.1, 0.15) is 0 Å². The molecule has 0 aliphatic carbocycles. The summed E-state index contributed by atoms with van der Waals surface area (Å²) in [4.78, 5) is 11.5. The van der Waals surface area contributed by atoms with Crippen LogP contribution in [0.4, 0.5) is 0 Å². The first kappa shape index (κ1) is 13.4. The summed E-state index contributed by atoms with van der Waals surface area (Å²) in [6, 6.07) is 11.8. The van der Waals surface area contributed by atoms with Crippen LogP contribution in [0.5, 0.6) is 0 Å². The molecule has 4 heteroatoms. The maximum Gasteiger partial charge on any atom is 0.339 e. The molecule has 1 aromatic heterocycles. The average Bonchev–Trinajstić information content (AvgIpc) is 2.83. The second-order valence-electron chi connectivity index (χ2n) is 4.29. The van der Waals surface area contributed by atoms with Gasteiger partial charge < -0.3 is 14.4 Å². The minimum atomic E-state index is -0.356. The van der Waals surface area contributed by atoms with E-state index in [1.807, 2.05) is 41.0 Å². The van der Waals surface area contributed by atoms with Gasteiger partial charge in [-0.1, -0.05) is 30.3 Å². The van der Waals surface area contributed by atoms with E-state index >= 15 is 0 Å². The van der Waals surface area contributed by atoms with Gasteiger partial charge in [0.2, 0.25) is 0 Å². The fourth-order valence-electron chi connectivity index (χ4n) is 2.05. The summed E-state index contributed by atoms with van der Waals surface area (Å²) in [6.45, 7) is 0.510. The molecular weight excluding hydrogens is 242 g/mol. The molecule has 2 rings (SSSR count). The monoisotopic (exact) mass is 259 g/mol. The number of methoxy groups -OCH3 is 1. The van der Waals surface area contributed by atoms with Crippen molar-refractivity contribution in [2.45, 2.75) is 13.0 Å². The zero-order valence-corrected chi connectivity index (χ0v) is 10.9. The first-order chi connectivity index (χ1) is 9.24. The van der Waals surface area contributed by atoms with Crippen molar-refractivity contribution in [3.8, 4) is 0 Å². The molecule has 1 aromatic carbocycles. The van der Waals surface area contributed by atoms with Crippen molar-refractivity contribution in [1.29, 1.82) is 0 Å². The summed E-state index contributed by atoms with van der Waals surface area (Å²) < 4.78 is 6.61. The van der Waals surface area contributed by atoms with Crippen LogP contribution in [0.1, 0.15) is 21.6 Å². The third kappa shape index (κ3) is 3.23. The standard InChI is InChI=1S/C15H17NO3/c1-19-15(18)13-10-14(16(11-13)7-8-17)9-12-5-3-2-4-6-12/h2-6,10-11,17H,7-9H2,1H3. The molecule has 4 nitrogen and oxygen atoms in total. The smallest absolute Gasteiger partial charge is 0.339 e. The van der Waals surface area contributed by atoms with E-state index in [0.29, 0.717) is 12.1 Å². The van der Waals surface area contributed by atoms with Gasteiger partial charge in [-0.15, -0.1) is 0 Å². The van der Waals surface area contributed by atoms with Crippen molar-refractivity contribution >= 4 is 5.97 Å². The summed E-state index contributed by atoms with van der Waals surface area (Å²) in [5, 5.41) is 9.08. The molecule has 1 N–H and O–H groups in total. The number of ether oxygens (including phenoxy) is 1. The Morgan fingerprint density at radius 3 is 2.68 bits per heavy atom. The van der Waals surface area contributed by atoms with Crippen LogP contribution in [0.2, 0.25) is 0 Å². The zero-order chi connectivity index (χ0) is 13.7. The Bertz CT molecular complexity index is 546. The SMILES string of the molecule is COC(=O)c1cc(Cc2ccccc2)n(CCO)c1. The molecule has 100 valence electrons. The number of hydrogen-bond acceptors (Lipinski definition) is 3. The predicted molar refractivity (Wildman–Crippen MR) is 72.1 cm³/mol. The van der Waals surface area contributed by atoms with E-state index in [9.17, 15) is 4.79 Å². The third-order valence-electron chi connectivity index (χ3n) is 2.98. The number of aliphatic hydroxyl groups is 1. The van der Waals surface area contributed by atoms with E-state index in [1.54, 1.807) is 6.20 Å². The van der Waals surface area contributed by atoms with Crippen LogP contribution in [0.3, 0.4) is 0 Å². The van der Waals surface area contributed by atoms with Crippen molar-refractivity contribution in [2.75, 3.05) is 13.7 Å². The summed E-state index contributed by atoms with van der Waals surface area (Å²) in [7, 11) is 1.36. The third-order valence-corrected chi connectivity index (χ3v) is 2.98. The number of esters is 1. The van der Waals surface area contributed by atoms with Crippen molar-refractivity contribution in [3.63, 3.8) is 0 Å². The lowest BCUT2D eigenvalue weighted by Crippen LogP contribution is -2.05. The number of carbonyl (C=O) groups is 1. The second-order valence-corrected chi connectivity index (χ2v) is 4.29. The van der Waals surface area contributed by atoms with Crippen LogP contribution in [0.25, 0.3) is 0 Å². The van der Waals surface area contributed by atoms with E-state index in [4.69, 9.17) is 9.84 Å². The van der Waals surface area contributed by atoms with Gasteiger partial charge in [-0.05, 0) is 11.6 Å². The Hall–Kier alpha value is -2.07. The van der Waals surface area contributed by atoms with Crippen molar-refractivity contribution in [2.24, 2.45) is 0 Å². The average molecular weight is 259 g/mol. The molecule has 0 aliphatic rings. The van der Waals surface area contributed by atoms with Gasteiger partial charge in [-0.25, -0.2) is 4.79 Å². The Morgan fingerprint density at radius 2 is 2.05 bits per heavy atom. The first-order valence-corrected chi connectivity index (χ1v) is 6.16. The first-order valence-electron chi connectivity index (χ1n) is 6.16. The maximum atomic E-state index is 11.5. The van der Waals surface area contributed by atoms with Gasteiger partial charge in [-0.3, -0.25) is 0 Å². The molecule has 0 aliphatic heterocycles. The molecule has 0 saturated carbocycles. The largest absolute Gasteiger partial charge is 0.465 e. The van der Waals surface area contributed by atoms with Gasteiger partial charge in [0.15, 0.2) is 0 Å². The molecule has 19 heavy (non-hydrogen) atoms. The molecular formula is C15H17NO3. The van der Waals surface area contributed by atoms with Gasteiger partial charge in [0, 0.05) is 24.9 Å². The lowest BCUT2D eigenvalue weighted by atomic mass is 10.1. The van der Waals surface area contributed by atoms with Gasteiger partial charge in [-0.2, -0.15) is 0 Å². The summed E-state index contributed by atoms with van der Waals surface area (Å²) in [6.07, 6.45) is 2.44. The highest BCUT2D eigenvalue weighted by Crippen LogP contribution is 2.14. The molecule has 0 spiro atoms. The van der Waals surface area contributed by atoms with E-state index < -0.39 is 0 Å². The van der Waals surface area contributed by atoms with E-state index in [-0.39, 0.29) is 12.6 Å². The van der Waals surface area contributed by atoms with Crippen LogP contribution in [-0.2, 0) is 17.7 Å². The maximum absolute atomic E-state index is 11.5. The van der Waals surface area contributed by atoms with Crippen molar-refractivity contribution < 1.29 is 14.6 Å². The number of aliphatic hydroxyl groups excluding tert-OH is 1. The van der Waals surface area contributed by atoms with Crippen LogP contribution in [-0.4, -0.2) is 29.4 Å². The topological polar surface area (TPSA) is 51.5 Å². The minimum Gasteiger partial charge on any atom is -0.465 e. The number of rotatable bonds is 5. The lowest BCUT2D eigenvalue weighted by molar-refractivity contribution is 0.0600. The molecule has 0 radical (unpaired) electrons. The summed E-state index contributed by atoms with van der Waals surface area (Å²) >= 11 is 0. The van der Waals surface area contributed by atoms with Crippen LogP contribution in [0, 0.1) is 0 Å². The van der Waals surface area contributed by atoms with Crippen molar-refractivity contribution in [3.05, 3.63) is 59.4 Å². The van der Waals surface area contributed by atoms with E-state index in [1.165, 1.54) is 7.11 Å². The van der Waals surface area contributed by atoms with Crippen LogP contribution >= 0.6 is 0 Å². The highest BCUT2D eigenvalue weighted by molar-refractivity contribution is 5.89. The number of carbonyl (C=O) groups excluding carboxylic acids is 1. The lowest BCUT2D eigenvalue weighted by Gasteiger charge is -2.07. The fraction of sp³-hybridized carbons (Fsp3) is 0.267. The molecule has 0 fully saturated rings. The van der Waals surface area contributed by atoms with E-state index in [2.05, 4.69) is 0 Å². The number of hydrogen-bond donors (Lipinski definition) is 1. The highest BCUT2D eigenvalue weighted by atomic mass is 16.5. The van der Waals surface area contributed by atoms with Gasteiger partial charge >= 0.3 is 5.97 Å². The van der Waals surface area contributed by atoms with Crippen LogP contribution < -0.4 is 0 Å². The second kappa shape index (κ2) is 6.20. The summed E-state index contributed by atoms with van der Waals surface area (Å²) in [5.41, 5.74) is 2.67. The number of nitrogens with zero attached hydrogens (tertiary/aromatic N) is 1. The predicted octanol–water partition coefficient (Wildman–Crippen LogP) is 1.86. The molecule has 0 saturated heterocycles. The Balaban J connectivity index is 2.27. The Labute approximate surface area is 112 Å². The highest BCUT2D eigenvalue weighted by Gasteiger charge is 2.12. The normalized spacial score (nSPS) is 10.4.